The molecule has 0 aliphatic heterocycles. The molecule has 0 aromatic carbocycles. The van der Waals surface area contributed by atoms with Gasteiger partial charge in [-0.15, -0.1) is 5.10 Å². The molecule has 0 spiro atoms. The third-order valence-electron chi connectivity index (χ3n) is 4.31. The molecule has 1 aliphatic carbocycles. The highest BCUT2D eigenvalue weighted by Gasteiger charge is 2.31. The number of aryl methyl sites for hydroxylation is 2. The second-order valence-electron chi connectivity index (χ2n) is 5.85. The van der Waals surface area contributed by atoms with E-state index in [2.05, 4.69) is 20.7 Å². The number of hydrogen-bond donors (Lipinski definition) is 1. The summed E-state index contributed by atoms with van der Waals surface area (Å²) in [6.07, 6.45) is 6.40. The Labute approximate surface area is 134 Å². The smallest absolute Gasteiger partial charge is 0.274 e. The molecule has 1 amide bonds. The Morgan fingerprint density at radius 2 is 2.30 bits per heavy atom. The van der Waals surface area contributed by atoms with Gasteiger partial charge in [-0.1, -0.05) is 5.21 Å². The molecule has 2 aromatic rings. The fraction of sp³-hybridized carbons (Fsp3) is 0.600. The fourth-order valence-corrected chi connectivity index (χ4v) is 2.84. The van der Waals surface area contributed by atoms with Crippen molar-refractivity contribution in [2.24, 2.45) is 7.05 Å². The average Bonchev–Trinajstić information content (AvgIpc) is 3.23. The fourth-order valence-electron chi connectivity index (χ4n) is 2.84. The van der Waals surface area contributed by atoms with Crippen LogP contribution in [-0.4, -0.2) is 42.8 Å². The predicted octanol–water partition coefficient (Wildman–Crippen LogP) is 1.07. The van der Waals surface area contributed by atoms with Crippen molar-refractivity contribution < 1.29 is 9.53 Å². The highest BCUT2D eigenvalue weighted by Crippen LogP contribution is 2.25. The molecule has 0 saturated heterocycles. The number of carbonyl (C=O) groups excluding carboxylic acids is 1. The van der Waals surface area contributed by atoms with Gasteiger partial charge < -0.3 is 10.1 Å². The Hall–Kier alpha value is -2.38. The molecule has 3 rings (SSSR count). The number of carbonyl (C=O) groups is 1. The van der Waals surface area contributed by atoms with Gasteiger partial charge in [-0.25, -0.2) is 0 Å². The topological polar surface area (TPSA) is 86.9 Å². The van der Waals surface area contributed by atoms with Crippen molar-refractivity contribution in [3.05, 3.63) is 23.8 Å². The van der Waals surface area contributed by atoms with Gasteiger partial charge in [0.1, 0.15) is 6.10 Å². The van der Waals surface area contributed by atoms with E-state index in [4.69, 9.17) is 4.74 Å². The van der Waals surface area contributed by atoms with Crippen LogP contribution in [0.1, 0.15) is 42.4 Å². The van der Waals surface area contributed by atoms with Crippen molar-refractivity contribution in [2.75, 3.05) is 0 Å². The van der Waals surface area contributed by atoms with E-state index in [1.54, 1.807) is 17.9 Å². The SMILES string of the molecule is CCn1cc(O[C@@H]2CCC[C@@H]2NC(=O)c2nnn(C)c2C)cn1. The van der Waals surface area contributed by atoms with E-state index in [9.17, 15) is 4.79 Å². The molecule has 124 valence electrons. The van der Waals surface area contributed by atoms with E-state index in [-0.39, 0.29) is 18.1 Å². The molecule has 8 nitrogen and oxygen atoms in total. The van der Waals surface area contributed by atoms with Crippen molar-refractivity contribution in [1.29, 1.82) is 0 Å². The van der Waals surface area contributed by atoms with E-state index in [1.165, 1.54) is 0 Å². The van der Waals surface area contributed by atoms with Gasteiger partial charge in [0.2, 0.25) is 0 Å². The standard InChI is InChI=1S/C15H22N6O2/c1-4-21-9-11(8-16-21)23-13-7-5-6-12(13)17-15(22)14-10(2)20(3)19-18-14/h8-9,12-13H,4-7H2,1-3H3,(H,17,22)/t12-,13+/m0/s1. The van der Waals surface area contributed by atoms with E-state index in [0.29, 0.717) is 5.69 Å². The van der Waals surface area contributed by atoms with Crippen LogP contribution in [0.2, 0.25) is 0 Å². The van der Waals surface area contributed by atoms with Gasteiger partial charge >= 0.3 is 0 Å². The van der Waals surface area contributed by atoms with Crippen LogP contribution in [0.3, 0.4) is 0 Å². The summed E-state index contributed by atoms with van der Waals surface area (Å²) in [5.74, 6) is 0.550. The minimum Gasteiger partial charge on any atom is -0.485 e. The summed E-state index contributed by atoms with van der Waals surface area (Å²) in [7, 11) is 1.77. The zero-order valence-electron chi connectivity index (χ0n) is 13.7. The number of ether oxygens (including phenoxy) is 1. The lowest BCUT2D eigenvalue weighted by Gasteiger charge is -2.21. The summed E-state index contributed by atoms with van der Waals surface area (Å²) in [4.78, 5) is 12.4. The lowest BCUT2D eigenvalue weighted by atomic mass is 10.2. The molecule has 0 unspecified atom stereocenters. The van der Waals surface area contributed by atoms with E-state index < -0.39 is 0 Å². The predicted molar refractivity (Wildman–Crippen MR) is 83.2 cm³/mol. The van der Waals surface area contributed by atoms with E-state index in [0.717, 1.165) is 37.3 Å². The molecule has 23 heavy (non-hydrogen) atoms. The molecule has 1 fully saturated rings. The lowest BCUT2D eigenvalue weighted by Crippen LogP contribution is -2.42. The van der Waals surface area contributed by atoms with E-state index in [1.807, 2.05) is 24.7 Å². The molecule has 2 atom stereocenters. The van der Waals surface area contributed by atoms with Gasteiger partial charge in [0, 0.05) is 13.6 Å². The number of rotatable bonds is 5. The first-order valence-corrected chi connectivity index (χ1v) is 7.94. The quantitative estimate of drug-likeness (QED) is 0.891. The van der Waals surface area contributed by atoms with Crippen LogP contribution < -0.4 is 10.1 Å². The molecule has 1 saturated carbocycles. The summed E-state index contributed by atoms with van der Waals surface area (Å²) in [6, 6.07) is -0.0196. The largest absolute Gasteiger partial charge is 0.485 e. The van der Waals surface area contributed by atoms with Crippen LogP contribution in [0.4, 0.5) is 0 Å². The number of hydrogen-bond acceptors (Lipinski definition) is 5. The van der Waals surface area contributed by atoms with Gasteiger partial charge in [0.15, 0.2) is 11.4 Å². The van der Waals surface area contributed by atoms with Crippen LogP contribution >= 0.6 is 0 Å². The van der Waals surface area contributed by atoms with E-state index >= 15 is 0 Å². The van der Waals surface area contributed by atoms with Crippen molar-refractivity contribution in [3.8, 4) is 5.75 Å². The minimum atomic E-state index is -0.194. The molecular weight excluding hydrogens is 296 g/mol. The molecule has 2 aromatic heterocycles. The van der Waals surface area contributed by atoms with Gasteiger partial charge in [0.05, 0.1) is 24.1 Å². The van der Waals surface area contributed by atoms with Crippen LogP contribution in [0.25, 0.3) is 0 Å². The third-order valence-corrected chi connectivity index (χ3v) is 4.31. The van der Waals surface area contributed by atoms with Crippen LogP contribution in [0.15, 0.2) is 12.4 Å². The van der Waals surface area contributed by atoms with Gasteiger partial charge in [-0.05, 0) is 33.1 Å². The summed E-state index contributed by atoms with van der Waals surface area (Å²) < 4.78 is 9.42. The maximum atomic E-state index is 12.4. The molecular formula is C15H22N6O2. The van der Waals surface area contributed by atoms with Crippen molar-refractivity contribution in [3.63, 3.8) is 0 Å². The molecule has 8 heteroatoms. The molecule has 0 radical (unpaired) electrons. The van der Waals surface area contributed by atoms with Crippen LogP contribution in [-0.2, 0) is 13.6 Å². The Morgan fingerprint density at radius 3 is 2.96 bits per heavy atom. The maximum absolute atomic E-state index is 12.4. The van der Waals surface area contributed by atoms with Gasteiger partial charge in [-0.3, -0.25) is 14.2 Å². The Kier molecular flexibility index (Phi) is 4.31. The normalized spacial score (nSPS) is 20.7. The highest BCUT2D eigenvalue weighted by molar-refractivity contribution is 5.93. The van der Waals surface area contributed by atoms with Crippen molar-refractivity contribution in [2.45, 2.75) is 51.8 Å². The highest BCUT2D eigenvalue weighted by atomic mass is 16.5. The van der Waals surface area contributed by atoms with Crippen molar-refractivity contribution >= 4 is 5.91 Å². The molecule has 1 N–H and O–H groups in total. The molecule has 1 aliphatic rings. The summed E-state index contributed by atoms with van der Waals surface area (Å²) >= 11 is 0. The zero-order valence-corrected chi connectivity index (χ0v) is 13.7. The summed E-state index contributed by atoms with van der Waals surface area (Å²) in [5.41, 5.74) is 1.12. The second kappa shape index (κ2) is 6.39. The summed E-state index contributed by atoms with van der Waals surface area (Å²) in [6.45, 7) is 4.66. The van der Waals surface area contributed by atoms with Gasteiger partial charge in [0.25, 0.3) is 5.91 Å². The maximum Gasteiger partial charge on any atom is 0.274 e. The summed E-state index contributed by atoms with van der Waals surface area (Å²) in [5, 5.41) is 15.0. The monoisotopic (exact) mass is 318 g/mol. The number of amides is 1. The first-order valence-electron chi connectivity index (χ1n) is 7.94. The van der Waals surface area contributed by atoms with Crippen LogP contribution in [0, 0.1) is 6.92 Å². The Balaban J connectivity index is 1.64. The molecule has 0 bridgehead atoms. The first kappa shape index (κ1) is 15.5. The third kappa shape index (κ3) is 3.20. The van der Waals surface area contributed by atoms with Crippen molar-refractivity contribution in [1.82, 2.24) is 30.1 Å². The lowest BCUT2D eigenvalue weighted by molar-refractivity contribution is 0.0888. The van der Waals surface area contributed by atoms with Gasteiger partial charge in [-0.2, -0.15) is 5.10 Å². The minimum absolute atomic E-state index is 0.0196. The number of nitrogens with one attached hydrogen (secondary N) is 1. The number of aromatic nitrogens is 5. The Morgan fingerprint density at radius 1 is 1.48 bits per heavy atom. The van der Waals surface area contributed by atoms with Crippen LogP contribution in [0.5, 0.6) is 5.75 Å². The average molecular weight is 318 g/mol. The number of nitrogens with zero attached hydrogens (tertiary/aromatic N) is 5. The first-order chi connectivity index (χ1) is 11.1. The Bertz CT molecular complexity index is 692. The second-order valence-corrected chi connectivity index (χ2v) is 5.85. The molecule has 2 heterocycles. The zero-order chi connectivity index (χ0) is 16.4.